The zero-order valence-corrected chi connectivity index (χ0v) is 11.6. The molecule has 1 unspecified atom stereocenters. The number of terminal acetylenes is 1. The molecule has 4 aliphatic rings. The quantitative estimate of drug-likeness (QED) is 0.763. The van der Waals surface area contributed by atoms with Crippen molar-refractivity contribution in [1.82, 2.24) is 5.32 Å². The van der Waals surface area contributed by atoms with Gasteiger partial charge in [0.25, 0.3) is 0 Å². The van der Waals surface area contributed by atoms with E-state index >= 15 is 0 Å². The maximum absolute atomic E-state index is 11.9. The molecule has 0 heterocycles. The Bertz CT molecular complexity index is 401. The largest absolute Gasteiger partial charge is 0.480 e. The topological polar surface area (TPSA) is 49.3 Å². The average Bonchev–Trinajstić information content (AvgIpc) is 2.33. The summed E-state index contributed by atoms with van der Waals surface area (Å²) in [6.45, 7) is 2.20. The molecule has 4 saturated carbocycles. The maximum Gasteiger partial charge on any atom is 0.324 e. The van der Waals surface area contributed by atoms with Crippen LogP contribution in [0.25, 0.3) is 0 Å². The minimum atomic E-state index is -0.866. The molecule has 104 valence electrons. The molecule has 0 saturated heterocycles. The molecule has 1 atom stereocenters. The first-order valence-electron chi connectivity index (χ1n) is 7.41. The second-order valence-electron chi connectivity index (χ2n) is 7.19. The average molecular weight is 261 g/mol. The molecule has 19 heavy (non-hydrogen) atoms. The number of nitrogens with one attached hydrogen (secondary N) is 1. The van der Waals surface area contributed by atoms with E-state index in [4.69, 9.17) is 6.42 Å². The lowest BCUT2D eigenvalue weighted by atomic mass is 9.45. The first kappa shape index (κ1) is 13.0. The minimum Gasteiger partial charge on any atom is -0.480 e. The second-order valence-corrected chi connectivity index (χ2v) is 7.19. The van der Waals surface area contributed by atoms with Crippen LogP contribution in [0.1, 0.15) is 45.4 Å². The van der Waals surface area contributed by atoms with E-state index in [-0.39, 0.29) is 5.41 Å². The Balaban J connectivity index is 1.93. The molecule has 2 N–H and O–H groups in total. The summed E-state index contributed by atoms with van der Waals surface area (Å²) in [5.74, 6) is 4.05. The van der Waals surface area contributed by atoms with Crippen LogP contribution in [0.3, 0.4) is 0 Å². The molecule has 4 aliphatic carbocycles. The molecule has 4 rings (SSSR count). The molecule has 0 radical (unpaired) electrons. The molecule has 0 aromatic rings. The number of carboxylic acids is 1. The molecule has 0 aliphatic heterocycles. The highest BCUT2D eigenvalue weighted by atomic mass is 16.4. The van der Waals surface area contributed by atoms with E-state index in [0.717, 1.165) is 37.0 Å². The Kier molecular flexibility index (Phi) is 2.90. The Labute approximate surface area is 115 Å². The fourth-order valence-corrected chi connectivity index (χ4v) is 5.44. The fourth-order valence-electron chi connectivity index (χ4n) is 5.44. The third-order valence-corrected chi connectivity index (χ3v) is 6.07. The first-order chi connectivity index (χ1) is 8.99. The number of carboxylic acid groups (broad SMARTS) is 1. The SMILES string of the molecule is C#CCNC(C)(C(=O)O)C12CC3CC(CC(C3)C1)C2. The van der Waals surface area contributed by atoms with Crippen molar-refractivity contribution in [1.29, 1.82) is 0 Å². The normalized spacial score (nSPS) is 42.6. The van der Waals surface area contributed by atoms with Gasteiger partial charge in [-0.15, -0.1) is 6.42 Å². The lowest BCUT2D eigenvalue weighted by Crippen LogP contribution is -2.66. The van der Waals surface area contributed by atoms with Gasteiger partial charge in [-0.2, -0.15) is 0 Å². The Morgan fingerprint density at radius 2 is 1.79 bits per heavy atom. The lowest BCUT2D eigenvalue weighted by Gasteiger charge is -2.61. The summed E-state index contributed by atoms with van der Waals surface area (Å²) in [5, 5.41) is 13.0. The number of rotatable bonds is 4. The Hall–Kier alpha value is -1.01. The van der Waals surface area contributed by atoms with E-state index in [0.29, 0.717) is 6.54 Å². The van der Waals surface area contributed by atoms with Crippen LogP contribution in [-0.2, 0) is 4.79 Å². The Morgan fingerprint density at radius 3 is 2.16 bits per heavy atom. The van der Waals surface area contributed by atoms with Gasteiger partial charge in [-0.05, 0) is 68.6 Å². The van der Waals surface area contributed by atoms with E-state index in [1.807, 2.05) is 6.92 Å². The molecule has 4 fully saturated rings. The molecule has 0 spiro atoms. The third kappa shape index (κ3) is 1.80. The van der Waals surface area contributed by atoms with Gasteiger partial charge in [0.05, 0.1) is 6.54 Å². The van der Waals surface area contributed by atoms with Gasteiger partial charge in [0.15, 0.2) is 0 Å². The highest BCUT2D eigenvalue weighted by molar-refractivity contribution is 5.80. The van der Waals surface area contributed by atoms with E-state index in [9.17, 15) is 9.90 Å². The van der Waals surface area contributed by atoms with Crippen molar-refractivity contribution in [2.75, 3.05) is 6.54 Å². The number of aliphatic carboxylic acids is 1. The summed E-state index contributed by atoms with van der Waals surface area (Å²) in [4.78, 5) is 11.9. The molecular weight excluding hydrogens is 238 g/mol. The van der Waals surface area contributed by atoms with E-state index in [1.54, 1.807) is 0 Å². The van der Waals surface area contributed by atoms with Crippen LogP contribution in [0, 0.1) is 35.5 Å². The van der Waals surface area contributed by atoms with Crippen molar-refractivity contribution in [2.45, 2.75) is 51.0 Å². The summed E-state index contributed by atoms with van der Waals surface area (Å²) < 4.78 is 0. The summed E-state index contributed by atoms with van der Waals surface area (Å²) in [7, 11) is 0. The molecule has 3 heteroatoms. The molecular formula is C16H23NO2. The second kappa shape index (κ2) is 4.24. The van der Waals surface area contributed by atoms with Crippen LogP contribution in [-0.4, -0.2) is 23.2 Å². The number of hydrogen-bond acceptors (Lipinski definition) is 2. The molecule has 3 nitrogen and oxygen atoms in total. The Morgan fingerprint density at radius 1 is 1.32 bits per heavy atom. The summed E-state index contributed by atoms with van der Waals surface area (Å²) in [5.41, 5.74) is -0.945. The predicted molar refractivity (Wildman–Crippen MR) is 73.5 cm³/mol. The van der Waals surface area contributed by atoms with Crippen LogP contribution in [0.5, 0.6) is 0 Å². The molecule has 0 aromatic carbocycles. The van der Waals surface area contributed by atoms with Crippen LogP contribution in [0.2, 0.25) is 0 Å². The van der Waals surface area contributed by atoms with Gasteiger partial charge in [-0.3, -0.25) is 10.1 Å². The number of hydrogen-bond donors (Lipinski definition) is 2. The summed E-state index contributed by atoms with van der Waals surface area (Å²) >= 11 is 0. The zero-order valence-electron chi connectivity index (χ0n) is 11.6. The highest BCUT2D eigenvalue weighted by Crippen LogP contribution is 2.63. The van der Waals surface area contributed by atoms with Crippen molar-refractivity contribution in [3.63, 3.8) is 0 Å². The van der Waals surface area contributed by atoms with Gasteiger partial charge in [0.1, 0.15) is 5.54 Å². The maximum atomic E-state index is 11.9. The third-order valence-electron chi connectivity index (χ3n) is 6.07. The van der Waals surface area contributed by atoms with Crippen LogP contribution in [0.15, 0.2) is 0 Å². The van der Waals surface area contributed by atoms with Crippen LogP contribution in [0.4, 0.5) is 0 Å². The van der Waals surface area contributed by atoms with Gasteiger partial charge < -0.3 is 5.11 Å². The summed E-state index contributed by atoms with van der Waals surface area (Å²) in [6.07, 6.45) is 12.5. The lowest BCUT2D eigenvalue weighted by molar-refractivity contribution is -0.164. The molecule has 0 aromatic heterocycles. The first-order valence-corrected chi connectivity index (χ1v) is 7.41. The van der Waals surface area contributed by atoms with E-state index in [2.05, 4.69) is 11.2 Å². The van der Waals surface area contributed by atoms with Gasteiger partial charge >= 0.3 is 5.97 Å². The fraction of sp³-hybridized carbons (Fsp3) is 0.812. The predicted octanol–water partition coefficient (Wildman–Crippen LogP) is 2.27. The van der Waals surface area contributed by atoms with E-state index < -0.39 is 11.5 Å². The summed E-state index contributed by atoms with van der Waals surface area (Å²) in [6, 6.07) is 0. The van der Waals surface area contributed by atoms with Gasteiger partial charge in [-0.25, -0.2) is 0 Å². The van der Waals surface area contributed by atoms with Gasteiger partial charge in [0, 0.05) is 0 Å². The molecule has 0 amide bonds. The van der Waals surface area contributed by atoms with Crippen LogP contribution >= 0.6 is 0 Å². The van der Waals surface area contributed by atoms with Crippen molar-refractivity contribution in [3.8, 4) is 12.3 Å². The van der Waals surface area contributed by atoms with Crippen molar-refractivity contribution >= 4 is 5.97 Å². The highest BCUT2D eigenvalue weighted by Gasteiger charge is 2.61. The van der Waals surface area contributed by atoms with Crippen LogP contribution < -0.4 is 5.32 Å². The number of carbonyl (C=O) groups is 1. The van der Waals surface area contributed by atoms with Crippen molar-refractivity contribution in [3.05, 3.63) is 0 Å². The standard InChI is InChI=1S/C16H23NO2/c1-3-4-17-15(2,14(18)19)16-8-11-5-12(9-16)7-13(6-11)10-16/h1,11-13,17H,4-10H2,2H3,(H,18,19). The zero-order chi connectivity index (χ0) is 13.7. The monoisotopic (exact) mass is 261 g/mol. The minimum absolute atomic E-state index is 0.0789. The smallest absolute Gasteiger partial charge is 0.324 e. The van der Waals surface area contributed by atoms with Crippen molar-refractivity contribution in [2.24, 2.45) is 23.2 Å². The molecule has 4 bridgehead atoms. The van der Waals surface area contributed by atoms with Gasteiger partial charge in [0.2, 0.25) is 0 Å². The van der Waals surface area contributed by atoms with Gasteiger partial charge in [-0.1, -0.05) is 5.92 Å². The van der Waals surface area contributed by atoms with Crippen molar-refractivity contribution < 1.29 is 9.90 Å². The van der Waals surface area contributed by atoms with E-state index in [1.165, 1.54) is 19.3 Å².